The van der Waals surface area contributed by atoms with E-state index >= 15 is 0 Å². The number of ether oxygens (including phenoxy) is 1. The van der Waals surface area contributed by atoms with Gasteiger partial charge in [0.05, 0.1) is 23.1 Å². The molecule has 0 aliphatic carbocycles. The van der Waals surface area contributed by atoms with Crippen LogP contribution in [0.3, 0.4) is 0 Å². The third kappa shape index (κ3) is 5.71. The largest absolute Gasteiger partial charge is 0.466 e. The van der Waals surface area contributed by atoms with Gasteiger partial charge in [0, 0.05) is 37.4 Å². The van der Waals surface area contributed by atoms with E-state index in [0.717, 1.165) is 38.8 Å². The van der Waals surface area contributed by atoms with E-state index in [1.807, 2.05) is 6.92 Å². The number of nitrogens with one attached hydrogen (secondary N) is 1. The first-order valence-electron chi connectivity index (χ1n) is 13.3. The Labute approximate surface area is 235 Å². The number of hydrogen-bond donors (Lipinski definition) is 1. The molecule has 2 aliphatic heterocycles. The van der Waals surface area contributed by atoms with Crippen LogP contribution in [0.1, 0.15) is 54.2 Å². The van der Waals surface area contributed by atoms with Crippen LogP contribution in [0.4, 0.5) is 4.39 Å². The maximum absolute atomic E-state index is 14.8. The van der Waals surface area contributed by atoms with Crippen LogP contribution < -0.4 is 5.56 Å². The lowest BCUT2D eigenvalue weighted by Crippen LogP contribution is -2.49. The number of esters is 1. The number of carbonyl (C=O) groups is 2. The quantitative estimate of drug-likeness (QED) is 0.435. The highest BCUT2D eigenvalue weighted by Gasteiger charge is 2.33. The molecular weight excluding hydrogens is 546 g/mol. The summed E-state index contributed by atoms with van der Waals surface area (Å²) < 4.78 is 21.6. The monoisotopic (exact) mass is 576 g/mol. The number of hydrogen-bond acceptors (Lipinski definition) is 5. The first-order valence-corrected chi connectivity index (χ1v) is 14.1. The molecule has 4 heterocycles. The minimum atomic E-state index is -0.569. The average molecular weight is 577 g/mol. The Morgan fingerprint density at radius 3 is 2.49 bits per heavy atom. The number of halogens is 3. The molecule has 2 fully saturated rings. The minimum absolute atomic E-state index is 0.0264. The van der Waals surface area contributed by atoms with Crippen LogP contribution in [0.5, 0.6) is 0 Å². The number of benzene rings is 1. The summed E-state index contributed by atoms with van der Waals surface area (Å²) in [4.78, 5) is 44.3. The molecule has 0 spiro atoms. The molecule has 11 heteroatoms. The van der Waals surface area contributed by atoms with Crippen molar-refractivity contribution in [3.05, 3.63) is 73.6 Å². The van der Waals surface area contributed by atoms with Crippen LogP contribution >= 0.6 is 23.2 Å². The second kappa shape index (κ2) is 11.7. The SMILES string of the molecule is CCOC(=O)C1CCN(C2CCN(C(=O)c3cc(Cc4c[nH]c(=O)c5cc(Cl)c(Cl)n45)ccc3F)CC2)CC1. The molecule has 3 aromatic rings. The molecule has 0 radical (unpaired) electrons. The standard InChI is InChI=1S/C28H31Cl2FN4O4/c1-2-39-28(38)18-5-9-33(10-6-18)19-7-11-34(12-8-19)27(37)21-14-17(3-4-23(21)31)13-20-16-32-26(36)24-15-22(29)25(30)35(20)24/h3-4,14-16,18-19H,2,5-13H2,1H3,(H,32,36). The maximum Gasteiger partial charge on any atom is 0.309 e. The number of aromatic nitrogens is 2. The van der Waals surface area contributed by atoms with Crippen molar-refractivity contribution in [1.29, 1.82) is 0 Å². The van der Waals surface area contributed by atoms with E-state index in [0.29, 0.717) is 48.9 Å². The van der Waals surface area contributed by atoms with Crippen molar-refractivity contribution in [1.82, 2.24) is 19.2 Å². The van der Waals surface area contributed by atoms with E-state index in [9.17, 15) is 18.8 Å². The Morgan fingerprint density at radius 1 is 1.08 bits per heavy atom. The van der Waals surface area contributed by atoms with Crippen LogP contribution in [-0.4, -0.2) is 69.9 Å². The maximum atomic E-state index is 14.8. The van der Waals surface area contributed by atoms with E-state index in [-0.39, 0.29) is 39.1 Å². The molecule has 1 amide bonds. The Kier molecular flexibility index (Phi) is 8.30. The molecule has 2 aromatic heterocycles. The van der Waals surface area contributed by atoms with Gasteiger partial charge in [0.1, 0.15) is 16.5 Å². The Morgan fingerprint density at radius 2 is 1.79 bits per heavy atom. The third-order valence-corrected chi connectivity index (χ3v) is 8.61. The van der Waals surface area contributed by atoms with Crippen molar-refractivity contribution in [3.8, 4) is 0 Å². The normalized spacial score (nSPS) is 17.6. The predicted octanol–water partition coefficient (Wildman–Crippen LogP) is 4.54. The topological polar surface area (TPSA) is 87.1 Å². The van der Waals surface area contributed by atoms with Crippen LogP contribution in [0.2, 0.25) is 10.2 Å². The van der Waals surface area contributed by atoms with Crippen LogP contribution in [-0.2, 0) is 16.0 Å². The van der Waals surface area contributed by atoms with Crippen LogP contribution in [0.25, 0.3) is 5.52 Å². The molecule has 0 unspecified atom stereocenters. The van der Waals surface area contributed by atoms with Gasteiger partial charge in [0.25, 0.3) is 11.5 Å². The van der Waals surface area contributed by atoms with Gasteiger partial charge in [0.2, 0.25) is 0 Å². The highest BCUT2D eigenvalue weighted by atomic mass is 35.5. The third-order valence-electron chi connectivity index (χ3n) is 7.85. The minimum Gasteiger partial charge on any atom is -0.466 e. The molecule has 8 nitrogen and oxygen atoms in total. The highest BCUT2D eigenvalue weighted by molar-refractivity contribution is 6.42. The number of piperidine rings is 2. The molecule has 5 rings (SSSR count). The zero-order chi connectivity index (χ0) is 27.7. The Bertz CT molecular complexity index is 1440. The first-order chi connectivity index (χ1) is 18.8. The zero-order valence-electron chi connectivity index (χ0n) is 21.7. The van der Waals surface area contributed by atoms with Gasteiger partial charge in [-0.05, 0) is 69.5 Å². The number of H-pyrrole nitrogens is 1. The number of nitrogens with zero attached hydrogens (tertiary/aromatic N) is 3. The lowest BCUT2D eigenvalue weighted by molar-refractivity contribution is -0.149. The number of fused-ring (bicyclic) bond motifs is 1. The number of rotatable bonds is 6. The van der Waals surface area contributed by atoms with E-state index in [1.165, 1.54) is 12.1 Å². The Hall–Kier alpha value is -2.88. The van der Waals surface area contributed by atoms with Gasteiger partial charge in [-0.1, -0.05) is 29.3 Å². The Balaban J connectivity index is 1.23. The second-order valence-electron chi connectivity index (χ2n) is 10.2. The molecule has 1 aromatic carbocycles. The summed E-state index contributed by atoms with van der Waals surface area (Å²) in [5, 5.41) is 0.482. The second-order valence-corrected chi connectivity index (χ2v) is 11.0. The van der Waals surface area contributed by atoms with Crippen molar-refractivity contribution in [2.75, 3.05) is 32.8 Å². The summed E-state index contributed by atoms with van der Waals surface area (Å²) >= 11 is 12.5. The van der Waals surface area contributed by atoms with Crippen LogP contribution in [0, 0.1) is 11.7 Å². The zero-order valence-corrected chi connectivity index (χ0v) is 23.2. The predicted molar refractivity (Wildman–Crippen MR) is 147 cm³/mol. The summed E-state index contributed by atoms with van der Waals surface area (Å²) in [6.45, 7) is 5.00. The summed E-state index contributed by atoms with van der Waals surface area (Å²) in [5.74, 6) is -1.04. The fourth-order valence-electron chi connectivity index (χ4n) is 5.74. The summed E-state index contributed by atoms with van der Waals surface area (Å²) in [7, 11) is 0. The smallest absolute Gasteiger partial charge is 0.309 e. The van der Waals surface area contributed by atoms with Crippen molar-refractivity contribution in [2.24, 2.45) is 5.92 Å². The number of aromatic amines is 1. The van der Waals surface area contributed by atoms with Gasteiger partial charge in [-0.25, -0.2) is 4.39 Å². The average Bonchev–Trinajstić information content (AvgIpc) is 3.26. The van der Waals surface area contributed by atoms with E-state index < -0.39 is 5.82 Å². The van der Waals surface area contributed by atoms with E-state index in [2.05, 4.69) is 9.88 Å². The molecule has 2 aliphatic rings. The van der Waals surface area contributed by atoms with Gasteiger partial charge in [-0.3, -0.25) is 18.8 Å². The molecule has 0 atom stereocenters. The van der Waals surface area contributed by atoms with Gasteiger partial charge < -0.3 is 19.5 Å². The molecular formula is C28H31Cl2FN4O4. The molecule has 2 saturated heterocycles. The molecule has 1 N–H and O–H groups in total. The van der Waals surface area contributed by atoms with Crippen LogP contribution in [0.15, 0.2) is 35.3 Å². The lowest BCUT2D eigenvalue weighted by atomic mass is 9.93. The van der Waals surface area contributed by atoms with Crippen molar-refractivity contribution >= 4 is 40.6 Å². The van der Waals surface area contributed by atoms with Gasteiger partial charge >= 0.3 is 5.97 Å². The summed E-state index contributed by atoms with van der Waals surface area (Å²) in [6.07, 6.45) is 5.04. The number of likely N-dealkylation sites (tertiary alicyclic amines) is 2. The van der Waals surface area contributed by atoms with Crippen molar-refractivity contribution in [3.63, 3.8) is 0 Å². The van der Waals surface area contributed by atoms with Gasteiger partial charge in [-0.15, -0.1) is 0 Å². The molecule has 39 heavy (non-hydrogen) atoms. The first kappa shape index (κ1) is 27.7. The van der Waals surface area contributed by atoms with Gasteiger partial charge in [0.15, 0.2) is 0 Å². The number of amides is 1. The van der Waals surface area contributed by atoms with E-state index in [4.69, 9.17) is 27.9 Å². The molecule has 0 saturated carbocycles. The lowest BCUT2D eigenvalue weighted by Gasteiger charge is -2.41. The van der Waals surface area contributed by atoms with Crippen molar-refractivity contribution < 1.29 is 18.7 Å². The molecule has 208 valence electrons. The summed E-state index contributed by atoms with van der Waals surface area (Å²) in [6, 6.07) is 6.33. The van der Waals surface area contributed by atoms with Gasteiger partial charge in [-0.2, -0.15) is 0 Å². The summed E-state index contributed by atoms with van der Waals surface area (Å²) in [5.41, 5.74) is 1.37. The fourth-order valence-corrected chi connectivity index (χ4v) is 6.18. The van der Waals surface area contributed by atoms with Crippen molar-refractivity contribution in [2.45, 2.75) is 45.1 Å². The highest BCUT2D eigenvalue weighted by Crippen LogP contribution is 2.28. The van der Waals surface area contributed by atoms with E-state index in [1.54, 1.807) is 27.6 Å². The molecule has 0 bridgehead atoms. The number of carbonyl (C=O) groups excluding carboxylic acids is 2. The fraction of sp³-hybridized carbons (Fsp3) is 0.464.